The number of pyridine rings is 1. The van der Waals surface area contributed by atoms with Gasteiger partial charge in [0.25, 0.3) is 0 Å². The van der Waals surface area contributed by atoms with Gasteiger partial charge in [0.05, 0.1) is 12.0 Å². The quantitative estimate of drug-likeness (QED) is 0.247. The van der Waals surface area contributed by atoms with Crippen LogP contribution in [-0.4, -0.2) is 17.6 Å². The predicted molar refractivity (Wildman–Crippen MR) is 139 cm³/mol. The molecule has 0 unspecified atom stereocenters. The molecular weight excluding hydrogens is 434 g/mol. The summed E-state index contributed by atoms with van der Waals surface area (Å²) in [6.45, 7) is 1.98. The molecule has 0 spiro atoms. The van der Waals surface area contributed by atoms with Crippen molar-refractivity contribution >= 4 is 16.9 Å². The average Bonchev–Trinajstić information content (AvgIpc) is 2.91. The van der Waals surface area contributed by atoms with Crippen LogP contribution in [0.5, 0.6) is 0 Å². The number of benzene rings is 4. The number of aromatic nitrogens is 1. The number of nitrogens with one attached hydrogen (secondary N) is 1. The molecule has 0 fully saturated rings. The van der Waals surface area contributed by atoms with Gasteiger partial charge in [0.1, 0.15) is 5.69 Å². The molecule has 0 radical (unpaired) electrons. The zero-order valence-corrected chi connectivity index (χ0v) is 19.4. The van der Waals surface area contributed by atoms with Gasteiger partial charge in [0.2, 0.25) is 0 Å². The second kappa shape index (κ2) is 9.43. The van der Waals surface area contributed by atoms with Crippen molar-refractivity contribution in [3.63, 3.8) is 0 Å². The molecule has 0 saturated heterocycles. The highest BCUT2D eigenvalue weighted by Crippen LogP contribution is 2.45. The summed E-state index contributed by atoms with van der Waals surface area (Å²) in [6, 6.07) is 38.1. The third-order valence-electron chi connectivity index (χ3n) is 6.38. The molecule has 0 aliphatic rings. The number of esters is 1. The zero-order chi connectivity index (χ0) is 24.3. The predicted octanol–water partition coefficient (Wildman–Crippen LogP) is 6.09. The van der Waals surface area contributed by atoms with Crippen LogP contribution in [0.3, 0.4) is 0 Å². The first kappa shape index (κ1) is 22.4. The largest absolute Gasteiger partial charge is 0.461 e. The summed E-state index contributed by atoms with van der Waals surface area (Å²) in [5.74, 6) is -0.539. The van der Waals surface area contributed by atoms with Crippen molar-refractivity contribution < 1.29 is 9.53 Å². The third kappa shape index (κ3) is 3.93. The van der Waals surface area contributed by atoms with Gasteiger partial charge in [0, 0.05) is 17.0 Å². The topological polar surface area (TPSA) is 59.2 Å². The van der Waals surface area contributed by atoms with E-state index in [0.717, 1.165) is 22.3 Å². The molecule has 1 heterocycles. The molecule has 172 valence electrons. The van der Waals surface area contributed by atoms with Gasteiger partial charge in [-0.05, 0) is 41.3 Å². The molecule has 4 nitrogen and oxygen atoms in total. The summed E-state index contributed by atoms with van der Waals surface area (Å²) in [5.41, 5.74) is 4.10. The molecule has 1 N–H and O–H groups in total. The van der Waals surface area contributed by atoms with Crippen LogP contribution in [0.15, 0.2) is 120 Å². The Bertz CT molecular complexity index is 1430. The maximum Gasteiger partial charge on any atom is 0.354 e. The maximum absolute atomic E-state index is 13.2. The minimum atomic E-state index is -0.649. The first-order valence-electron chi connectivity index (χ1n) is 11.7. The van der Waals surface area contributed by atoms with E-state index in [4.69, 9.17) is 4.74 Å². The number of aromatic amines is 1. The Kier molecular flexibility index (Phi) is 6.02. The Morgan fingerprint density at radius 2 is 1.23 bits per heavy atom. The second-order valence-corrected chi connectivity index (χ2v) is 8.38. The van der Waals surface area contributed by atoms with Crippen molar-refractivity contribution in [2.24, 2.45) is 0 Å². The molecule has 5 aromatic rings. The molecule has 35 heavy (non-hydrogen) atoms. The van der Waals surface area contributed by atoms with Gasteiger partial charge in [-0.25, -0.2) is 4.79 Å². The van der Waals surface area contributed by atoms with Crippen molar-refractivity contribution in [3.8, 4) is 0 Å². The Labute approximate surface area is 203 Å². The van der Waals surface area contributed by atoms with Gasteiger partial charge in [-0.15, -0.1) is 0 Å². The number of hydrogen-bond acceptors (Lipinski definition) is 3. The summed E-state index contributed by atoms with van der Waals surface area (Å²) < 4.78 is 5.07. The third-order valence-corrected chi connectivity index (χ3v) is 6.38. The van der Waals surface area contributed by atoms with Crippen LogP contribution in [-0.2, 0) is 10.2 Å². The van der Waals surface area contributed by atoms with E-state index in [1.165, 1.54) is 6.07 Å². The summed E-state index contributed by atoms with van der Waals surface area (Å²) in [6.07, 6.45) is 0. The fourth-order valence-corrected chi connectivity index (χ4v) is 4.86. The first-order chi connectivity index (χ1) is 17.1. The SMILES string of the molecule is CCOC(=O)c1cc(=O)c2cc(C(c3ccccc3)(c3ccccc3)c3ccccc3)ccc2[nH]1. The minimum Gasteiger partial charge on any atom is -0.461 e. The summed E-state index contributed by atoms with van der Waals surface area (Å²) in [4.78, 5) is 28.5. The zero-order valence-electron chi connectivity index (χ0n) is 19.4. The van der Waals surface area contributed by atoms with E-state index < -0.39 is 11.4 Å². The standard InChI is InChI=1S/C31H25NO3/c1-2-35-30(34)28-21-29(33)26-20-25(18-19-27(26)32-28)31(22-12-6-3-7-13-22,23-14-8-4-9-15-23)24-16-10-5-11-17-24/h3-21H,2H2,1H3,(H,32,33). The van der Waals surface area contributed by atoms with Crippen LogP contribution in [0, 0.1) is 0 Å². The normalized spacial score (nSPS) is 11.3. The second-order valence-electron chi connectivity index (χ2n) is 8.38. The Morgan fingerprint density at radius 3 is 1.71 bits per heavy atom. The highest BCUT2D eigenvalue weighted by molar-refractivity contribution is 5.91. The Morgan fingerprint density at radius 1 is 0.714 bits per heavy atom. The number of carbonyl (C=O) groups is 1. The van der Waals surface area contributed by atoms with E-state index in [-0.39, 0.29) is 17.7 Å². The lowest BCUT2D eigenvalue weighted by Crippen LogP contribution is -2.31. The molecular formula is C31H25NO3. The number of hydrogen-bond donors (Lipinski definition) is 1. The van der Waals surface area contributed by atoms with E-state index in [1.54, 1.807) is 6.92 Å². The van der Waals surface area contributed by atoms with Crippen molar-refractivity contribution in [1.29, 1.82) is 0 Å². The highest BCUT2D eigenvalue weighted by Gasteiger charge is 2.38. The average molecular weight is 460 g/mol. The van der Waals surface area contributed by atoms with E-state index >= 15 is 0 Å². The van der Waals surface area contributed by atoms with Crippen molar-refractivity contribution in [3.05, 3.63) is 153 Å². The lowest BCUT2D eigenvalue weighted by Gasteiger charge is -2.37. The molecule has 1 aromatic heterocycles. The van der Waals surface area contributed by atoms with Crippen LogP contribution >= 0.6 is 0 Å². The molecule has 5 rings (SSSR count). The molecule has 0 bridgehead atoms. The van der Waals surface area contributed by atoms with Gasteiger partial charge >= 0.3 is 5.97 Å². The van der Waals surface area contributed by atoms with E-state index in [2.05, 4.69) is 41.4 Å². The van der Waals surface area contributed by atoms with E-state index in [1.807, 2.05) is 72.8 Å². The van der Waals surface area contributed by atoms with Crippen LogP contribution in [0.1, 0.15) is 39.7 Å². The van der Waals surface area contributed by atoms with Gasteiger partial charge in [-0.1, -0.05) is 97.1 Å². The van der Waals surface area contributed by atoms with Gasteiger partial charge < -0.3 is 9.72 Å². The number of carbonyl (C=O) groups excluding carboxylic acids is 1. The smallest absolute Gasteiger partial charge is 0.354 e. The Hall–Kier alpha value is -4.44. The molecule has 0 amide bonds. The maximum atomic E-state index is 13.2. The molecule has 4 aromatic carbocycles. The van der Waals surface area contributed by atoms with Crippen LogP contribution in [0.2, 0.25) is 0 Å². The number of H-pyrrole nitrogens is 1. The molecule has 0 aliphatic heterocycles. The summed E-state index contributed by atoms with van der Waals surface area (Å²) in [5, 5.41) is 0.516. The number of ether oxygens (including phenoxy) is 1. The van der Waals surface area contributed by atoms with E-state index in [0.29, 0.717) is 10.9 Å². The number of rotatable bonds is 6. The summed E-state index contributed by atoms with van der Waals surface area (Å²) >= 11 is 0. The fourth-order valence-electron chi connectivity index (χ4n) is 4.86. The fraction of sp³-hybridized carbons (Fsp3) is 0.0968. The van der Waals surface area contributed by atoms with Gasteiger partial charge in [0.15, 0.2) is 5.43 Å². The molecule has 0 aliphatic carbocycles. The lowest BCUT2D eigenvalue weighted by molar-refractivity contribution is 0.0520. The van der Waals surface area contributed by atoms with Gasteiger partial charge in [-0.3, -0.25) is 4.79 Å². The number of fused-ring (bicyclic) bond motifs is 1. The van der Waals surface area contributed by atoms with Crippen molar-refractivity contribution in [2.45, 2.75) is 12.3 Å². The minimum absolute atomic E-state index is 0.151. The van der Waals surface area contributed by atoms with Crippen molar-refractivity contribution in [2.75, 3.05) is 6.61 Å². The highest BCUT2D eigenvalue weighted by atomic mass is 16.5. The summed E-state index contributed by atoms with van der Waals surface area (Å²) in [7, 11) is 0. The van der Waals surface area contributed by atoms with Crippen LogP contribution < -0.4 is 5.43 Å². The van der Waals surface area contributed by atoms with Gasteiger partial charge in [-0.2, -0.15) is 0 Å². The monoisotopic (exact) mass is 459 g/mol. The molecule has 4 heteroatoms. The molecule has 0 atom stereocenters. The van der Waals surface area contributed by atoms with Crippen LogP contribution in [0.4, 0.5) is 0 Å². The Balaban J connectivity index is 1.83. The van der Waals surface area contributed by atoms with E-state index in [9.17, 15) is 9.59 Å². The molecule has 0 saturated carbocycles. The first-order valence-corrected chi connectivity index (χ1v) is 11.7. The van der Waals surface area contributed by atoms with Crippen molar-refractivity contribution in [1.82, 2.24) is 4.98 Å². The lowest BCUT2D eigenvalue weighted by atomic mass is 9.65. The van der Waals surface area contributed by atoms with Crippen LogP contribution in [0.25, 0.3) is 10.9 Å².